The molecule has 0 amide bonds. The lowest BCUT2D eigenvalue weighted by molar-refractivity contribution is 0.267. The van der Waals surface area contributed by atoms with Crippen LogP contribution in [0.3, 0.4) is 0 Å². The predicted octanol–water partition coefficient (Wildman–Crippen LogP) is 1.56. The average Bonchev–Trinajstić information content (AvgIpc) is 2.14. The molecule has 0 saturated carbocycles. The van der Waals surface area contributed by atoms with Gasteiger partial charge in [-0.3, -0.25) is 4.98 Å². The number of halogens is 1. The fourth-order valence-corrected chi connectivity index (χ4v) is 0.881. The van der Waals surface area contributed by atoms with E-state index in [0.717, 1.165) is 6.20 Å². The molecule has 1 atom stereocenters. The second-order valence-corrected chi connectivity index (χ2v) is 2.34. The molecule has 1 aromatic heterocycles. The Morgan fingerprint density at radius 1 is 1.69 bits per heavy atom. The van der Waals surface area contributed by atoms with E-state index in [9.17, 15) is 4.39 Å². The molecule has 1 unspecified atom stereocenters. The van der Waals surface area contributed by atoms with Gasteiger partial charge in [0, 0.05) is 11.1 Å². The Hall–Kier alpha value is -1.65. The van der Waals surface area contributed by atoms with Crippen molar-refractivity contribution in [1.29, 1.82) is 0 Å². The molecule has 1 rings (SSSR count). The van der Waals surface area contributed by atoms with Crippen LogP contribution in [-0.4, -0.2) is 16.7 Å². The van der Waals surface area contributed by atoms with Gasteiger partial charge >= 0.3 is 0 Å². The molecular weight excluding hydrogens is 175 g/mol. The highest BCUT2D eigenvalue weighted by Crippen LogP contribution is 2.16. The molecule has 0 aliphatic carbocycles. The van der Waals surface area contributed by atoms with E-state index in [1.807, 2.05) is 0 Å². The van der Waals surface area contributed by atoms with E-state index in [-0.39, 0.29) is 6.61 Å². The number of hydrogen-bond acceptors (Lipinski definition) is 3. The third kappa shape index (κ3) is 2.40. The van der Waals surface area contributed by atoms with E-state index in [1.54, 1.807) is 0 Å². The lowest BCUT2D eigenvalue weighted by Gasteiger charge is -2.05. The highest BCUT2D eigenvalue weighted by atomic mass is 19.1. The van der Waals surface area contributed by atoms with E-state index in [2.05, 4.69) is 15.0 Å². The Morgan fingerprint density at radius 3 is 3.00 bits per heavy atom. The molecule has 0 radical (unpaired) electrons. The van der Waals surface area contributed by atoms with Crippen LogP contribution in [0.15, 0.2) is 23.6 Å². The summed E-state index contributed by atoms with van der Waals surface area (Å²) in [6.45, 7) is -0.366. The van der Waals surface area contributed by atoms with Crippen molar-refractivity contribution < 1.29 is 9.50 Å². The Labute approximate surface area is 73.5 Å². The van der Waals surface area contributed by atoms with Crippen LogP contribution in [0.2, 0.25) is 0 Å². The third-order valence-corrected chi connectivity index (χ3v) is 1.47. The first-order valence-corrected chi connectivity index (χ1v) is 3.53. The van der Waals surface area contributed by atoms with Crippen LogP contribution in [0.25, 0.3) is 10.4 Å². The quantitative estimate of drug-likeness (QED) is 0.437. The molecule has 0 saturated heterocycles. The number of hydrogen-bond donors (Lipinski definition) is 1. The molecule has 1 heterocycles. The van der Waals surface area contributed by atoms with Crippen molar-refractivity contribution in [1.82, 2.24) is 4.98 Å². The van der Waals surface area contributed by atoms with E-state index in [0.29, 0.717) is 5.56 Å². The summed E-state index contributed by atoms with van der Waals surface area (Å²) in [7, 11) is 0. The molecule has 6 heteroatoms. The maximum atomic E-state index is 12.6. The molecule has 68 valence electrons. The molecule has 1 N–H and O–H groups in total. The molecule has 0 aliphatic rings. The first-order valence-electron chi connectivity index (χ1n) is 3.53. The topological polar surface area (TPSA) is 81.9 Å². The summed E-state index contributed by atoms with van der Waals surface area (Å²) in [5.74, 6) is -0.524. The number of pyridine rings is 1. The zero-order valence-electron chi connectivity index (χ0n) is 6.63. The second-order valence-electron chi connectivity index (χ2n) is 2.34. The van der Waals surface area contributed by atoms with Crippen molar-refractivity contribution in [3.63, 3.8) is 0 Å². The molecule has 1 aromatic rings. The molecule has 0 spiro atoms. The first kappa shape index (κ1) is 9.44. The minimum Gasteiger partial charge on any atom is -0.396 e. The Balaban J connectivity index is 2.97. The summed E-state index contributed by atoms with van der Waals surface area (Å²) in [6, 6.07) is 0.399. The fraction of sp³-hybridized carbons (Fsp3) is 0.286. The van der Waals surface area contributed by atoms with Gasteiger partial charge in [0.15, 0.2) is 0 Å². The van der Waals surface area contributed by atoms with Crippen LogP contribution in [0, 0.1) is 5.82 Å². The van der Waals surface area contributed by atoms with Crippen molar-refractivity contribution in [2.45, 2.75) is 6.04 Å². The summed E-state index contributed by atoms with van der Waals surface area (Å²) in [4.78, 5) is 6.09. The maximum absolute atomic E-state index is 12.6. The fourth-order valence-electron chi connectivity index (χ4n) is 0.881. The normalized spacial score (nSPS) is 11.8. The van der Waals surface area contributed by atoms with E-state index >= 15 is 0 Å². The predicted molar refractivity (Wildman–Crippen MR) is 43.2 cm³/mol. The number of aliphatic hydroxyl groups is 1. The lowest BCUT2D eigenvalue weighted by Crippen LogP contribution is -2.01. The molecule has 5 nitrogen and oxygen atoms in total. The molecule has 0 bridgehead atoms. The summed E-state index contributed by atoms with van der Waals surface area (Å²) in [5.41, 5.74) is 8.49. The van der Waals surface area contributed by atoms with Gasteiger partial charge in [-0.05, 0) is 17.2 Å². The van der Waals surface area contributed by atoms with Crippen molar-refractivity contribution in [2.24, 2.45) is 5.11 Å². The molecular formula is C7H7FN4O. The van der Waals surface area contributed by atoms with Crippen molar-refractivity contribution in [2.75, 3.05) is 6.61 Å². The Kier molecular flexibility index (Phi) is 3.19. The van der Waals surface area contributed by atoms with Gasteiger partial charge in [0.2, 0.25) is 0 Å². The maximum Gasteiger partial charge on any atom is 0.141 e. The van der Waals surface area contributed by atoms with Crippen LogP contribution in [0.4, 0.5) is 4.39 Å². The highest BCUT2D eigenvalue weighted by molar-refractivity contribution is 5.15. The van der Waals surface area contributed by atoms with Gasteiger partial charge in [0.25, 0.3) is 0 Å². The molecule has 0 fully saturated rings. The minimum atomic E-state index is -0.770. The standard InChI is InChI=1S/C7H7FN4O/c8-6-1-5(2-10-3-6)7(4-13)11-12-9/h1-3,7,13H,4H2. The van der Waals surface area contributed by atoms with Crippen molar-refractivity contribution in [3.8, 4) is 0 Å². The summed E-state index contributed by atoms with van der Waals surface area (Å²) in [5, 5.41) is 12.1. The summed E-state index contributed by atoms with van der Waals surface area (Å²) >= 11 is 0. The van der Waals surface area contributed by atoms with Gasteiger partial charge in [-0.25, -0.2) is 4.39 Å². The number of rotatable bonds is 3. The second kappa shape index (κ2) is 4.39. The van der Waals surface area contributed by atoms with Crippen LogP contribution in [-0.2, 0) is 0 Å². The average molecular weight is 182 g/mol. The third-order valence-electron chi connectivity index (χ3n) is 1.47. The SMILES string of the molecule is [N-]=[N+]=NC(CO)c1cncc(F)c1. The number of aliphatic hydroxyl groups excluding tert-OH is 1. The van der Waals surface area contributed by atoms with Crippen LogP contribution < -0.4 is 0 Å². The zero-order chi connectivity index (χ0) is 9.68. The van der Waals surface area contributed by atoms with Crippen LogP contribution in [0.5, 0.6) is 0 Å². The number of nitrogens with zero attached hydrogens (tertiary/aromatic N) is 4. The van der Waals surface area contributed by atoms with Gasteiger partial charge in [-0.2, -0.15) is 0 Å². The number of azide groups is 1. The van der Waals surface area contributed by atoms with Gasteiger partial charge in [-0.15, -0.1) is 0 Å². The Morgan fingerprint density at radius 2 is 2.46 bits per heavy atom. The molecule has 0 aliphatic heterocycles. The monoisotopic (exact) mass is 182 g/mol. The van der Waals surface area contributed by atoms with Crippen molar-refractivity contribution in [3.05, 3.63) is 40.3 Å². The van der Waals surface area contributed by atoms with Gasteiger partial charge in [-0.1, -0.05) is 5.11 Å². The minimum absolute atomic E-state index is 0.361. The highest BCUT2D eigenvalue weighted by Gasteiger charge is 2.08. The van der Waals surface area contributed by atoms with Crippen LogP contribution in [0.1, 0.15) is 11.6 Å². The summed E-state index contributed by atoms with van der Waals surface area (Å²) in [6.07, 6.45) is 2.38. The van der Waals surface area contributed by atoms with Gasteiger partial charge in [0.1, 0.15) is 5.82 Å². The summed E-state index contributed by atoms with van der Waals surface area (Å²) < 4.78 is 12.6. The first-order chi connectivity index (χ1) is 6.27. The smallest absolute Gasteiger partial charge is 0.141 e. The lowest BCUT2D eigenvalue weighted by atomic mass is 10.1. The Bertz CT molecular complexity index is 337. The van der Waals surface area contributed by atoms with E-state index in [1.165, 1.54) is 12.3 Å². The zero-order valence-corrected chi connectivity index (χ0v) is 6.63. The van der Waals surface area contributed by atoms with E-state index in [4.69, 9.17) is 10.6 Å². The van der Waals surface area contributed by atoms with Crippen molar-refractivity contribution >= 4 is 0 Å². The van der Waals surface area contributed by atoms with Crippen LogP contribution >= 0.6 is 0 Å². The van der Waals surface area contributed by atoms with E-state index < -0.39 is 11.9 Å². The van der Waals surface area contributed by atoms with Gasteiger partial charge in [0.05, 0.1) is 18.8 Å². The number of aromatic nitrogens is 1. The largest absolute Gasteiger partial charge is 0.396 e. The molecule has 0 aromatic carbocycles. The van der Waals surface area contributed by atoms with Gasteiger partial charge < -0.3 is 5.11 Å². The molecule has 13 heavy (non-hydrogen) atoms.